The first-order valence-electron chi connectivity index (χ1n) is 5.87. The second-order valence-electron chi connectivity index (χ2n) is 4.94. The van der Waals surface area contributed by atoms with Crippen molar-refractivity contribution in [1.29, 1.82) is 0 Å². The first kappa shape index (κ1) is 10.4. The van der Waals surface area contributed by atoms with Crippen LogP contribution in [0.25, 0.3) is 0 Å². The van der Waals surface area contributed by atoms with Gasteiger partial charge in [-0.25, -0.2) is 0 Å². The van der Waals surface area contributed by atoms with Crippen LogP contribution in [-0.2, 0) is 0 Å². The minimum absolute atomic E-state index is 0.735. The SMILES string of the molecule is CCN1CC(NC2CC(C)N(C)C2)C1. The molecule has 0 aliphatic carbocycles. The van der Waals surface area contributed by atoms with Crippen molar-refractivity contribution in [3.05, 3.63) is 0 Å². The average Bonchev–Trinajstić information content (AvgIpc) is 2.38. The molecule has 2 saturated heterocycles. The van der Waals surface area contributed by atoms with Gasteiger partial charge in [-0.15, -0.1) is 0 Å². The van der Waals surface area contributed by atoms with Crippen LogP contribution in [0.5, 0.6) is 0 Å². The Kier molecular flexibility index (Phi) is 3.10. The number of rotatable bonds is 3. The standard InChI is InChI=1S/C11H23N3/c1-4-14-7-11(8-14)12-10-5-9(2)13(3)6-10/h9-12H,4-8H2,1-3H3. The molecule has 0 saturated carbocycles. The van der Waals surface area contributed by atoms with Gasteiger partial charge in [0, 0.05) is 37.8 Å². The molecule has 0 aromatic rings. The Labute approximate surface area is 87.4 Å². The van der Waals surface area contributed by atoms with Gasteiger partial charge in [-0.05, 0) is 26.9 Å². The van der Waals surface area contributed by atoms with Gasteiger partial charge in [-0.2, -0.15) is 0 Å². The van der Waals surface area contributed by atoms with Crippen molar-refractivity contribution in [2.75, 3.05) is 33.2 Å². The van der Waals surface area contributed by atoms with Gasteiger partial charge in [0.1, 0.15) is 0 Å². The molecule has 2 atom stereocenters. The predicted molar refractivity (Wildman–Crippen MR) is 59.5 cm³/mol. The quantitative estimate of drug-likeness (QED) is 0.705. The molecule has 3 nitrogen and oxygen atoms in total. The zero-order valence-corrected chi connectivity index (χ0v) is 9.66. The summed E-state index contributed by atoms with van der Waals surface area (Å²) in [7, 11) is 2.23. The van der Waals surface area contributed by atoms with Gasteiger partial charge in [-0.3, -0.25) is 0 Å². The Balaban J connectivity index is 1.68. The summed E-state index contributed by atoms with van der Waals surface area (Å²) in [6.45, 7) is 9.50. The highest BCUT2D eigenvalue weighted by Gasteiger charge is 2.31. The van der Waals surface area contributed by atoms with E-state index >= 15 is 0 Å². The first-order chi connectivity index (χ1) is 6.69. The number of hydrogen-bond donors (Lipinski definition) is 1. The fourth-order valence-corrected chi connectivity index (χ4v) is 2.58. The van der Waals surface area contributed by atoms with Gasteiger partial charge in [0.25, 0.3) is 0 Å². The van der Waals surface area contributed by atoms with E-state index in [9.17, 15) is 0 Å². The third kappa shape index (κ3) is 2.10. The van der Waals surface area contributed by atoms with E-state index in [1.54, 1.807) is 0 Å². The molecule has 0 amide bonds. The molecule has 2 aliphatic heterocycles. The minimum Gasteiger partial charge on any atom is -0.307 e. The number of nitrogens with one attached hydrogen (secondary N) is 1. The molecule has 0 aromatic carbocycles. The maximum absolute atomic E-state index is 3.76. The van der Waals surface area contributed by atoms with Crippen molar-refractivity contribution in [3.63, 3.8) is 0 Å². The van der Waals surface area contributed by atoms with E-state index in [2.05, 4.69) is 36.0 Å². The molecular formula is C11H23N3. The second kappa shape index (κ2) is 4.17. The largest absolute Gasteiger partial charge is 0.307 e. The monoisotopic (exact) mass is 197 g/mol. The van der Waals surface area contributed by atoms with Crippen LogP contribution in [0.2, 0.25) is 0 Å². The highest BCUT2D eigenvalue weighted by molar-refractivity contribution is 4.92. The van der Waals surface area contributed by atoms with Gasteiger partial charge in [0.15, 0.2) is 0 Å². The maximum atomic E-state index is 3.76. The molecule has 1 N–H and O–H groups in total. The smallest absolute Gasteiger partial charge is 0.0325 e. The van der Waals surface area contributed by atoms with Crippen molar-refractivity contribution in [2.45, 2.75) is 38.4 Å². The van der Waals surface area contributed by atoms with E-state index in [0.29, 0.717) is 0 Å². The summed E-state index contributed by atoms with van der Waals surface area (Å²) in [4.78, 5) is 4.94. The van der Waals surface area contributed by atoms with Crippen LogP contribution in [0.4, 0.5) is 0 Å². The van der Waals surface area contributed by atoms with Crippen molar-refractivity contribution in [1.82, 2.24) is 15.1 Å². The highest BCUT2D eigenvalue weighted by Crippen LogP contribution is 2.17. The van der Waals surface area contributed by atoms with Crippen LogP contribution in [0.15, 0.2) is 0 Å². The zero-order valence-electron chi connectivity index (χ0n) is 9.66. The first-order valence-corrected chi connectivity index (χ1v) is 5.87. The summed E-state index contributed by atoms with van der Waals surface area (Å²) >= 11 is 0. The highest BCUT2D eigenvalue weighted by atomic mass is 15.3. The molecule has 0 radical (unpaired) electrons. The number of likely N-dealkylation sites (tertiary alicyclic amines) is 2. The molecule has 0 spiro atoms. The fourth-order valence-electron chi connectivity index (χ4n) is 2.58. The summed E-state index contributed by atoms with van der Waals surface area (Å²) in [5.41, 5.74) is 0. The molecule has 2 aliphatic rings. The second-order valence-corrected chi connectivity index (χ2v) is 4.94. The summed E-state index contributed by atoms with van der Waals surface area (Å²) < 4.78 is 0. The van der Waals surface area contributed by atoms with Crippen molar-refractivity contribution < 1.29 is 0 Å². The summed E-state index contributed by atoms with van der Waals surface area (Å²) in [6.07, 6.45) is 1.32. The lowest BCUT2D eigenvalue weighted by Gasteiger charge is -2.40. The molecule has 0 aromatic heterocycles. The molecule has 3 heteroatoms. The van der Waals surface area contributed by atoms with Gasteiger partial charge >= 0.3 is 0 Å². The van der Waals surface area contributed by atoms with E-state index in [-0.39, 0.29) is 0 Å². The fraction of sp³-hybridized carbons (Fsp3) is 1.00. The molecule has 82 valence electrons. The van der Waals surface area contributed by atoms with E-state index in [4.69, 9.17) is 0 Å². The molecule has 2 rings (SSSR count). The van der Waals surface area contributed by atoms with Gasteiger partial charge in [-0.1, -0.05) is 6.92 Å². The number of hydrogen-bond acceptors (Lipinski definition) is 3. The lowest BCUT2D eigenvalue weighted by atomic mass is 10.1. The minimum atomic E-state index is 0.735. The Morgan fingerprint density at radius 2 is 1.93 bits per heavy atom. The summed E-state index contributed by atoms with van der Waals surface area (Å²) in [5, 5.41) is 3.76. The average molecular weight is 197 g/mol. The third-order valence-corrected chi connectivity index (χ3v) is 3.76. The van der Waals surface area contributed by atoms with Gasteiger partial charge in [0.2, 0.25) is 0 Å². The van der Waals surface area contributed by atoms with Gasteiger partial charge in [0.05, 0.1) is 0 Å². The molecule has 2 unspecified atom stereocenters. The summed E-state index contributed by atoms with van der Waals surface area (Å²) in [5.74, 6) is 0. The lowest BCUT2D eigenvalue weighted by Crippen LogP contribution is -2.60. The molecule has 14 heavy (non-hydrogen) atoms. The lowest BCUT2D eigenvalue weighted by molar-refractivity contribution is 0.125. The number of nitrogens with zero attached hydrogens (tertiary/aromatic N) is 2. The predicted octanol–water partition coefficient (Wildman–Crippen LogP) is 0.373. The van der Waals surface area contributed by atoms with Crippen molar-refractivity contribution in [3.8, 4) is 0 Å². The van der Waals surface area contributed by atoms with Crippen LogP contribution in [-0.4, -0.2) is 61.2 Å². The van der Waals surface area contributed by atoms with E-state index in [0.717, 1.165) is 18.1 Å². The van der Waals surface area contributed by atoms with Crippen LogP contribution < -0.4 is 5.32 Å². The number of likely N-dealkylation sites (N-methyl/N-ethyl adjacent to an activating group) is 2. The normalized spacial score (nSPS) is 36.2. The zero-order chi connectivity index (χ0) is 10.1. The molecular weight excluding hydrogens is 174 g/mol. The van der Waals surface area contributed by atoms with Crippen molar-refractivity contribution in [2.24, 2.45) is 0 Å². The summed E-state index contributed by atoms with van der Waals surface area (Å²) in [6, 6.07) is 2.26. The molecule has 2 fully saturated rings. The van der Waals surface area contributed by atoms with E-state index in [1.807, 2.05) is 0 Å². The van der Waals surface area contributed by atoms with Crippen molar-refractivity contribution >= 4 is 0 Å². The Morgan fingerprint density at radius 3 is 2.43 bits per heavy atom. The third-order valence-electron chi connectivity index (χ3n) is 3.76. The van der Waals surface area contributed by atoms with E-state index < -0.39 is 0 Å². The Bertz CT molecular complexity index is 179. The molecule has 0 bridgehead atoms. The van der Waals surface area contributed by atoms with Gasteiger partial charge < -0.3 is 15.1 Å². The van der Waals surface area contributed by atoms with Crippen LogP contribution >= 0.6 is 0 Å². The van der Waals surface area contributed by atoms with Crippen LogP contribution in [0, 0.1) is 0 Å². The van der Waals surface area contributed by atoms with Crippen LogP contribution in [0.3, 0.4) is 0 Å². The van der Waals surface area contributed by atoms with E-state index in [1.165, 1.54) is 32.6 Å². The molecule has 2 heterocycles. The Hall–Kier alpha value is -0.120. The topological polar surface area (TPSA) is 18.5 Å². The van der Waals surface area contributed by atoms with Crippen LogP contribution in [0.1, 0.15) is 20.3 Å². The maximum Gasteiger partial charge on any atom is 0.0325 e. The Morgan fingerprint density at radius 1 is 1.21 bits per heavy atom.